The first-order valence-electron chi connectivity index (χ1n) is 23.2. The molecule has 0 bridgehead atoms. The number of nitrogens with zero attached hydrogens (tertiary/aromatic N) is 4. The molecule has 0 saturated heterocycles. The van der Waals surface area contributed by atoms with Gasteiger partial charge in [0.2, 0.25) is 0 Å². The van der Waals surface area contributed by atoms with E-state index in [2.05, 4.69) is 35.7 Å². The summed E-state index contributed by atoms with van der Waals surface area (Å²) in [4.78, 5) is 30.3. The SMILES string of the molecule is CCCCCCCCCCCOC(=O)CCCCCN(CCCCCCCC(=O)OC(CCCCCCCC)CCCCCCCC)CCCN=[N+]=[N-]. The number of ether oxygens (including phenoxy) is 2. The number of hydrogen-bond acceptors (Lipinski definition) is 6. The van der Waals surface area contributed by atoms with Crippen LogP contribution in [-0.4, -0.2) is 55.7 Å². The molecular weight excluding hydrogens is 661 g/mol. The molecule has 0 fully saturated rings. The first-order valence-corrected chi connectivity index (χ1v) is 23.2. The zero-order valence-electron chi connectivity index (χ0n) is 35.6. The maximum Gasteiger partial charge on any atom is 0.306 e. The molecule has 8 nitrogen and oxygen atoms in total. The maximum absolute atomic E-state index is 12.7. The highest BCUT2D eigenvalue weighted by Crippen LogP contribution is 2.18. The lowest BCUT2D eigenvalue weighted by molar-refractivity contribution is -0.150. The van der Waals surface area contributed by atoms with Gasteiger partial charge >= 0.3 is 11.9 Å². The Morgan fingerprint density at radius 3 is 1.42 bits per heavy atom. The zero-order valence-corrected chi connectivity index (χ0v) is 35.6. The van der Waals surface area contributed by atoms with Gasteiger partial charge in [-0.25, -0.2) is 0 Å². The summed E-state index contributed by atoms with van der Waals surface area (Å²) < 4.78 is 11.5. The molecule has 53 heavy (non-hydrogen) atoms. The molecule has 0 aromatic rings. The molecule has 0 rings (SSSR count). The van der Waals surface area contributed by atoms with Crippen molar-refractivity contribution in [3.8, 4) is 0 Å². The lowest BCUT2D eigenvalue weighted by Gasteiger charge is -2.22. The van der Waals surface area contributed by atoms with Crippen molar-refractivity contribution in [2.24, 2.45) is 5.11 Å². The molecule has 312 valence electrons. The minimum atomic E-state index is -0.0507. The van der Waals surface area contributed by atoms with E-state index in [1.807, 2.05) is 0 Å². The largest absolute Gasteiger partial charge is 0.466 e. The molecule has 0 saturated carbocycles. The number of carbonyl (C=O) groups is 2. The monoisotopic (exact) mass is 749 g/mol. The highest BCUT2D eigenvalue weighted by atomic mass is 16.5. The van der Waals surface area contributed by atoms with E-state index < -0.39 is 0 Å². The zero-order chi connectivity index (χ0) is 38.7. The summed E-state index contributed by atoms with van der Waals surface area (Å²) in [5.74, 6) is -0.0459. The third-order valence-corrected chi connectivity index (χ3v) is 10.6. The predicted molar refractivity (Wildman–Crippen MR) is 225 cm³/mol. The molecule has 0 radical (unpaired) electrons. The van der Waals surface area contributed by atoms with Crippen LogP contribution < -0.4 is 0 Å². The Balaban J connectivity index is 4.19. The predicted octanol–water partition coefficient (Wildman–Crippen LogP) is 14.4. The molecule has 0 heterocycles. The van der Waals surface area contributed by atoms with Crippen molar-refractivity contribution in [3.05, 3.63) is 10.4 Å². The second kappa shape index (κ2) is 42.9. The van der Waals surface area contributed by atoms with E-state index in [9.17, 15) is 9.59 Å². The smallest absolute Gasteiger partial charge is 0.306 e. The van der Waals surface area contributed by atoms with Crippen LogP contribution in [0.2, 0.25) is 0 Å². The quantitative estimate of drug-likeness (QED) is 0.0203. The number of carbonyl (C=O) groups excluding carboxylic acids is 2. The Hall–Kier alpha value is -1.79. The lowest BCUT2D eigenvalue weighted by Crippen LogP contribution is -2.27. The van der Waals surface area contributed by atoms with Crippen molar-refractivity contribution in [2.45, 2.75) is 245 Å². The van der Waals surface area contributed by atoms with Gasteiger partial charge in [0, 0.05) is 24.3 Å². The molecule has 0 aliphatic rings. The normalized spacial score (nSPS) is 11.3. The number of rotatable bonds is 43. The summed E-state index contributed by atoms with van der Waals surface area (Å²) >= 11 is 0. The summed E-state index contributed by atoms with van der Waals surface area (Å²) in [5, 5.41) is 3.71. The molecule has 0 aromatic carbocycles. The topological polar surface area (TPSA) is 105 Å². The fourth-order valence-corrected chi connectivity index (χ4v) is 7.14. The van der Waals surface area contributed by atoms with Crippen LogP contribution in [0.4, 0.5) is 0 Å². The van der Waals surface area contributed by atoms with Crippen molar-refractivity contribution < 1.29 is 19.1 Å². The molecular formula is C45H88N4O4. The highest BCUT2D eigenvalue weighted by molar-refractivity contribution is 5.69. The van der Waals surface area contributed by atoms with Crippen LogP contribution in [0.1, 0.15) is 239 Å². The average molecular weight is 749 g/mol. The van der Waals surface area contributed by atoms with Crippen LogP contribution in [0.5, 0.6) is 0 Å². The first-order chi connectivity index (χ1) is 26.1. The second-order valence-electron chi connectivity index (χ2n) is 15.8. The van der Waals surface area contributed by atoms with Crippen molar-refractivity contribution in [1.82, 2.24) is 4.90 Å². The third-order valence-electron chi connectivity index (χ3n) is 10.6. The summed E-state index contributed by atoms with van der Waals surface area (Å²) in [6.07, 6.45) is 39.2. The van der Waals surface area contributed by atoms with Crippen molar-refractivity contribution in [2.75, 3.05) is 32.8 Å². The molecule has 0 spiro atoms. The van der Waals surface area contributed by atoms with Gasteiger partial charge in [-0.15, -0.1) is 0 Å². The molecule has 0 unspecified atom stereocenters. The van der Waals surface area contributed by atoms with Gasteiger partial charge in [0.15, 0.2) is 0 Å². The Kier molecular flexibility index (Phi) is 41.5. The van der Waals surface area contributed by atoms with Gasteiger partial charge in [0.25, 0.3) is 0 Å². The summed E-state index contributed by atoms with van der Waals surface area (Å²) in [6, 6.07) is 0. The highest BCUT2D eigenvalue weighted by Gasteiger charge is 2.14. The van der Waals surface area contributed by atoms with Gasteiger partial charge in [0.05, 0.1) is 6.61 Å². The summed E-state index contributed by atoms with van der Waals surface area (Å²) in [6.45, 7) is 10.9. The van der Waals surface area contributed by atoms with Gasteiger partial charge in [-0.1, -0.05) is 167 Å². The van der Waals surface area contributed by atoms with E-state index in [-0.39, 0.29) is 18.0 Å². The van der Waals surface area contributed by atoms with Crippen LogP contribution in [0.3, 0.4) is 0 Å². The van der Waals surface area contributed by atoms with Crippen molar-refractivity contribution in [1.29, 1.82) is 0 Å². The van der Waals surface area contributed by atoms with Crippen LogP contribution in [0.15, 0.2) is 5.11 Å². The molecule has 0 aliphatic heterocycles. The van der Waals surface area contributed by atoms with E-state index in [0.29, 0.717) is 26.0 Å². The standard InChI is InChI=1S/C45H88N4O4/c1-4-7-10-13-16-17-18-24-32-42-52-44(50)36-29-25-31-40-49(41-33-38-47-48-46)39-30-23-19-22-28-37-45(51)53-43(34-26-20-14-11-8-5-2)35-27-21-15-12-9-6-3/h43H,4-42H2,1-3H3. The minimum absolute atomic E-state index is 0.00485. The molecule has 0 aliphatic carbocycles. The molecule has 0 aromatic heterocycles. The van der Waals surface area contributed by atoms with E-state index in [1.165, 1.54) is 122 Å². The number of azide groups is 1. The Morgan fingerprint density at radius 1 is 0.509 bits per heavy atom. The number of esters is 2. The van der Waals surface area contributed by atoms with Gasteiger partial charge in [-0.2, -0.15) is 0 Å². The van der Waals surface area contributed by atoms with Gasteiger partial charge in [0.1, 0.15) is 6.10 Å². The van der Waals surface area contributed by atoms with E-state index in [1.54, 1.807) is 0 Å². The molecule has 8 heteroatoms. The summed E-state index contributed by atoms with van der Waals surface area (Å²) in [5.41, 5.74) is 8.65. The first kappa shape index (κ1) is 51.2. The molecule has 0 atom stereocenters. The van der Waals surface area contributed by atoms with Gasteiger partial charge in [-0.05, 0) is 89.4 Å². The van der Waals surface area contributed by atoms with Crippen LogP contribution in [0.25, 0.3) is 10.4 Å². The van der Waals surface area contributed by atoms with E-state index in [4.69, 9.17) is 15.0 Å². The van der Waals surface area contributed by atoms with E-state index in [0.717, 1.165) is 103 Å². The van der Waals surface area contributed by atoms with Gasteiger partial charge in [-0.3, -0.25) is 9.59 Å². The van der Waals surface area contributed by atoms with Crippen LogP contribution in [0, 0.1) is 0 Å². The number of unbranched alkanes of at least 4 members (excludes halogenated alkanes) is 24. The fourth-order valence-electron chi connectivity index (χ4n) is 7.14. The molecule has 0 N–H and O–H groups in total. The van der Waals surface area contributed by atoms with Crippen LogP contribution in [-0.2, 0) is 19.1 Å². The average Bonchev–Trinajstić information content (AvgIpc) is 3.15. The van der Waals surface area contributed by atoms with Crippen molar-refractivity contribution >= 4 is 11.9 Å². The Bertz CT molecular complexity index is 819. The Morgan fingerprint density at radius 2 is 0.906 bits per heavy atom. The fraction of sp³-hybridized carbons (Fsp3) is 0.956. The van der Waals surface area contributed by atoms with Crippen LogP contribution >= 0.6 is 0 Å². The number of hydrogen-bond donors (Lipinski definition) is 0. The summed E-state index contributed by atoms with van der Waals surface area (Å²) in [7, 11) is 0. The minimum Gasteiger partial charge on any atom is -0.466 e. The maximum atomic E-state index is 12.7. The Labute approximate surface area is 328 Å². The molecule has 0 amide bonds. The van der Waals surface area contributed by atoms with E-state index >= 15 is 0 Å². The lowest BCUT2D eigenvalue weighted by atomic mass is 10.0. The third kappa shape index (κ3) is 39.7. The van der Waals surface area contributed by atoms with Crippen molar-refractivity contribution in [3.63, 3.8) is 0 Å². The second-order valence-corrected chi connectivity index (χ2v) is 15.8. The van der Waals surface area contributed by atoms with Gasteiger partial charge < -0.3 is 14.4 Å².